The predicted octanol–water partition coefficient (Wildman–Crippen LogP) is 4.66. The second kappa shape index (κ2) is 9.97. The fourth-order valence-electron chi connectivity index (χ4n) is 4.50. The first kappa shape index (κ1) is 26.4. The van der Waals surface area contributed by atoms with Gasteiger partial charge in [-0.25, -0.2) is 4.79 Å². The van der Waals surface area contributed by atoms with Gasteiger partial charge in [0.15, 0.2) is 0 Å². The number of anilines is 2. The molecule has 2 N–H and O–H groups in total. The van der Waals surface area contributed by atoms with Crippen LogP contribution < -0.4 is 15.5 Å². The Bertz CT molecular complexity index is 1090. The average molecular weight is 497 g/mol. The standard InChI is InChI=1S/C22H19F3N4O2.2H2S/c23-22(24,25)17-11-16(10-7-14(17)12-26)29-19-4-2-1-3-18(19)28(21(29)31)15-8-5-13(6-9-15)20(27)30;;/h5-11,18-19H,1-4H2,(H2,27,30);2*1H2/t18-,19-;;/m0../s1. The van der Waals surface area contributed by atoms with E-state index in [0.29, 0.717) is 24.1 Å². The second-order valence-corrected chi connectivity index (χ2v) is 7.69. The van der Waals surface area contributed by atoms with E-state index in [-0.39, 0.29) is 44.8 Å². The highest BCUT2D eigenvalue weighted by molar-refractivity contribution is 7.59. The van der Waals surface area contributed by atoms with Gasteiger partial charge in [0.25, 0.3) is 0 Å². The number of carbonyl (C=O) groups is 2. The summed E-state index contributed by atoms with van der Waals surface area (Å²) in [6, 6.07) is 10.3. The molecule has 4 rings (SSSR count). The first-order valence-electron chi connectivity index (χ1n) is 9.86. The molecule has 1 saturated carbocycles. The van der Waals surface area contributed by atoms with Crippen molar-refractivity contribution in [2.45, 2.75) is 43.9 Å². The number of alkyl halides is 3. The minimum Gasteiger partial charge on any atom is -0.366 e. The maximum atomic E-state index is 13.5. The molecule has 1 aliphatic heterocycles. The summed E-state index contributed by atoms with van der Waals surface area (Å²) in [5, 5.41) is 9.06. The van der Waals surface area contributed by atoms with Crippen molar-refractivity contribution in [2.24, 2.45) is 5.73 Å². The van der Waals surface area contributed by atoms with E-state index in [1.165, 1.54) is 23.1 Å². The van der Waals surface area contributed by atoms with Crippen LogP contribution in [0.4, 0.5) is 29.3 Å². The van der Waals surface area contributed by atoms with Crippen LogP contribution in [-0.4, -0.2) is 24.0 Å². The SMILES string of the molecule is N#Cc1ccc(N2C(=O)N(c3ccc(C(N)=O)cc3)[C@H]3CCCC[C@@H]32)cc1C(F)(F)F.S.S. The molecule has 2 atom stereocenters. The van der Waals surface area contributed by atoms with E-state index in [4.69, 9.17) is 11.0 Å². The highest BCUT2D eigenvalue weighted by Gasteiger charge is 2.48. The van der Waals surface area contributed by atoms with Crippen LogP contribution in [0.15, 0.2) is 42.5 Å². The van der Waals surface area contributed by atoms with E-state index < -0.39 is 29.2 Å². The molecule has 11 heteroatoms. The molecular weight excluding hydrogens is 473 g/mol. The molecule has 1 heterocycles. The zero-order chi connectivity index (χ0) is 22.3. The van der Waals surface area contributed by atoms with Crippen molar-refractivity contribution in [3.8, 4) is 6.07 Å². The summed E-state index contributed by atoms with van der Waals surface area (Å²) in [6.07, 6.45) is -1.57. The van der Waals surface area contributed by atoms with E-state index in [1.54, 1.807) is 23.1 Å². The number of amides is 3. The van der Waals surface area contributed by atoms with Crippen molar-refractivity contribution in [1.29, 1.82) is 5.26 Å². The van der Waals surface area contributed by atoms with Crippen LogP contribution >= 0.6 is 27.0 Å². The quantitative estimate of drug-likeness (QED) is 0.670. The van der Waals surface area contributed by atoms with Crippen molar-refractivity contribution in [3.05, 3.63) is 59.2 Å². The summed E-state index contributed by atoms with van der Waals surface area (Å²) in [7, 11) is 0. The van der Waals surface area contributed by atoms with Gasteiger partial charge < -0.3 is 5.73 Å². The molecule has 2 aromatic carbocycles. The number of benzene rings is 2. The van der Waals surface area contributed by atoms with Gasteiger partial charge in [-0.2, -0.15) is 45.4 Å². The van der Waals surface area contributed by atoms with Crippen LogP contribution in [-0.2, 0) is 6.18 Å². The number of hydrogen-bond acceptors (Lipinski definition) is 3. The van der Waals surface area contributed by atoms with Crippen molar-refractivity contribution in [3.63, 3.8) is 0 Å². The van der Waals surface area contributed by atoms with E-state index in [9.17, 15) is 22.8 Å². The summed E-state index contributed by atoms with van der Waals surface area (Å²) in [5.74, 6) is -0.589. The lowest BCUT2D eigenvalue weighted by atomic mass is 9.89. The third kappa shape index (κ3) is 4.77. The molecule has 3 amide bonds. The van der Waals surface area contributed by atoms with E-state index >= 15 is 0 Å². The molecule has 2 aliphatic rings. The molecular formula is C22H23F3N4O2S2. The molecule has 0 bridgehead atoms. The zero-order valence-corrected chi connectivity index (χ0v) is 19.4. The lowest BCUT2D eigenvalue weighted by Gasteiger charge is -2.32. The molecule has 0 radical (unpaired) electrons. The van der Waals surface area contributed by atoms with Crippen molar-refractivity contribution in [1.82, 2.24) is 0 Å². The molecule has 0 aromatic heterocycles. The Balaban J connectivity index is 0.00000193. The van der Waals surface area contributed by atoms with Crippen LogP contribution in [0.5, 0.6) is 0 Å². The maximum absolute atomic E-state index is 13.5. The van der Waals surface area contributed by atoms with Gasteiger partial charge in [-0.1, -0.05) is 12.8 Å². The first-order valence-corrected chi connectivity index (χ1v) is 9.86. The summed E-state index contributed by atoms with van der Waals surface area (Å²) in [6.45, 7) is 0. The summed E-state index contributed by atoms with van der Waals surface area (Å²) < 4.78 is 40.4. The van der Waals surface area contributed by atoms with Crippen LogP contribution in [0.25, 0.3) is 0 Å². The molecule has 2 aromatic rings. The number of carbonyl (C=O) groups excluding carboxylic acids is 2. The summed E-state index contributed by atoms with van der Waals surface area (Å²) in [4.78, 5) is 27.8. The van der Waals surface area contributed by atoms with Gasteiger partial charge in [0.05, 0.1) is 29.3 Å². The Morgan fingerprint density at radius 3 is 1.97 bits per heavy atom. The van der Waals surface area contributed by atoms with Gasteiger partial charge in [0.1, 0.15) is 0 Å². The van der Waals surface area contributed by atoms with Crippen LogP contribution in [0.1, 0.15) is 47.2 Å². The average Bonchev–Trinajstić information content (AvgIpc) is 3.04. The lowest BCUT2D eigenvalue weighted by molar-refractivity contribution is -0.137. The molecule has 6 nitrogen and oxygen atoms in total. The highest BCUT2D eigenvalue weighted by atomic mass is 32.1. The summed E-state index contributed by atoms with van der Waals surface area (Å²) >= 11 is 0. The third-order valence-corrected chi connectivity index (χ3v) is 5.91. The lowest BCUT2D eigenvalue weighted by Crippen LogP contribution is -2.40. The Morgan fingerprint density at radius 1 is 0.970 bits per heavy atom. The predicted molar refractivity (Wildman–Crippen MR) is 128 cm³/mol. The Kier molecular flexibility index (Phi) is 7.98. The van der Waals surface area contributed by atoms with Crippen molar-refractivity contribution >= 4 is 50.3 Å². The topological polar surface area (TPSA) is 90.4 Å². The van der Waals surface area contributed by atoms with E-state index in [2.05, 4.69) is 0 Å². The van der Waals surface area contributed by atoms with Crippen molar-refractivity contribution < 1.29 is 22.8 Å². The maximum Gasteiger partial charge on any atom is 0.417 e. The number of primary amides is 1. The molecule has 1 aliphatic carbocycles. The van der Waals surface area contributed by atoms with Gasteiger partial charge in [0.2, 0.25) is 5.91 Å². The van der Waals surface area contributed by atoms with Gasteiger partial charge in [0, 0.05) is 16.9 Å². The third-order valence-electron chi connectivity index (χ3n) is 5.91. The smallest absolute Gasteiger partial charge is 0.366 e. The number of halogens is 3. The Hall–Kier alpha value is -2.84. The van der Waals surface area contributed by atoms with Crippen LogP contribution in [0.3, 0.4) is 0 Å². The Labute approximate surface area is 203 Å². The largest absolute Gasteiger partial charge is 0.417 e. The van der Waals surface area contributed by atoms with Gasteiger partial charge in [-0.3, -0.25) is 14.6 Å². The second-order valence-electron chi connectivity index (χ2n) is 7.69. The number of nitriles is 1. The number of nitrogens with zero attached hydrogens (tertiary/aromatic N) is 3. The van der Waals surface area contributed by atoms with Crippen LogP contribution in [0.2, 0.25) is 0 Å². The molecule has 0 unspecified atom stereocenters. The first-order chi connectivity index (χ1) is 14.7. The minimum atomic E-state index is -4.71. The number of hydrogen-bond donors (Lipinski definition) is 1. The molecule has 176 valence electrons. The van der Waals surface area contributed by atoms with Crippen molar-refractivity contribution in [2.75, 3.05) is 9.80 Å². The fourth-order valence-corrected chi connectivity index (χ4v) is 4.50. The van der Waals surface area contributed by atoms with Gasteiger partial charge >= 0.3 is 12.2 Å². The van der Waals surface area contributed by atoms with E-state index in [0.717, 1.165) is 25.0 Å². The van der Waals surface area contributed by atoms with Gasteiger partial charge in [-0.05, 0) is 55.3 Å². The number of fused-ring (bicyclic) bond motifs is 1. The zero-order valence-electron chi connectivity index (χ0n) is 17.4. The minimum absolute atomic E-state index is 0. The molecule has 0 spiro atoms. The monoisotopic (exact) mass is 496 g/mol. The van der Waals surface area contributed by atoms with Crippen LogP contribution in [0, 0.1) is 11.3 Å². The fraction of sp³-hybridized carbons (Fsp3) is 0.318. The molecule has 2 fully saturated rings. The summed E-state index contributed by atoms with van der Waals surface area (Å²) in [5.41, 5.74) is 4.71. The van der Waals surface area contributed by atoms with Gasteiger partial charge in [-0.15, -0.1) is 0 Å². The molecule has 33 heavy (non-hydrogen) atoms. The number of rotatable bonds is 3. The normalized spacial score (nSPS) is 19.8. The number of urea groups is 1. The molecule has 1 saturated heterocycles. The Morgan fingerprint density at radius 2 is 1.48 bits per heavy atom. The van der Waals surface area contributed by atoms with E-state index in [1.807, 2.05) is 0 Å². The number of nitrogens with two attached hydrogens (primary N) is 1. The highest BCUT2D eigenvalue weighted by Crippen LogP contribution is 2.42.